The van der Waals surface area contributed by atoms with Crippen LogP contribution in [-0.2, 0) is 4.84 Å². The molecule has 0 bridgehead atoms. The van der Waals surface area contributed by atoms with Crippen molar-refractivity contribution in [2.24, 2.45) is 11.1 Å². The molecular weight excluding hydrogens is 336 g/mol. The molecule has 0 aromatic heterocycles. The minimum absolute atomic E-state index is 0.0338. The van der Waals surface area contributed by atoms with Crippen molar-refractivity contribution in [2.75, 3.05) is 20.3 Å². The number of non-ortho nitro benzene ring substituents is 1. The van der Waals surface area contributed by atoms with E-state index in [-0.39, 0.29) is 11.6 Å². The summed E-state index contributed by atoms with van der Waals surface area (Å²) in [6, 6.07) is 13.6. The van der Waals surface area contributed by atoms with Gasteiger partial charge >= 0.3 is 0 Å². The summed E-state index contributed by atoms with van der Waals surface area (Å²) in [4.78, 5) is 15.0. The Bertz CT molecular complexity index is 740. The van der Waals surface area contributed by atoms with Gasteiger partial charge in [0, 0.05) is 12.1 Å². The summed E-state index contributed by atoms with van der Waals surface area (Å²) in [5.41, 5.74) is 1.89. The molecule has 0 N–H and O–H groups in total. The maximum absolute atomic E-state index is 10.6. The number of nitro groups is 1. The Morgan fingerprint density at radius 2 is 1.50 bits per heavy atom. The highest BCUT2D eigenvalue weighted by molar-refractivity contribution is 6.01. The Kier molecular flexibility index (Phi) is 6.96. The molecule has 0 saturated heterocycles. The normalized spacial score (nSPS) is 11.3. The number of benzene rings is 2. The van der Waals surface area contributed by atoms with Gasteiger partial charge < -0.3 is 14.3 Å². The summed E-state index contributed by atoms with van der Waals surface area (Å²) in [5, 5.41) is 14.7. The lowest BCUT2D eigenvalue weighted by atomic mass is 10.0. The second-order valence-corrected chi connectivity index (χ2v) is 5.79. The Morgan fingerprint density at radius 1 is 1.00 bits per heavy atom. The molecule has 0 atom stereocenters. The first-order valence-electron chi connectivity index (χ1n) is 8.22. The fraction of sp³-hybridized carbons (Fsp3) is 0.316. The van der Waals surface area contributed by atoms with Crippen LogP contribution in [0.5, 0.6) is 11.5 Å². The highest BCUT2D eigenvalue weighted by Gasteiger charge is 2.09. The predicted octanol–water partition coefficient (Wildman–Crippen LogP) is 4.06. The molecule has 0 aliphatic heterocycles. The van der Waals surface area contributed by atoms with Crippen LogP contribution in [0.4, 0.5) is 5.69 Å². The van der Waals surface area contributed by atoms with Crippen LogP contribution in [0.2, 0.25) is 0 Å². The Labute approximate surface area is 152 Å². The van der Waals surface area contributed by atoms with Crippen molar-refractivity contribution >= 4 is 11.4 Å². The molecule has 2 aromatic rings. The third kappa shape index (κ3) is 5.47. The molecule has 0 spiro atoms. The van der Waals surface area contributed by atoms with Crippen molar-refractivity contribution < 1.29 is 19.2 Å². The average molecular weight is 358 g/mol. The average Bonchev–Trinajstić information content (AvgIpc) is 2.64. The smallest absolute Gasteiger partial charge is 0.269 e. The third-order valence-corrected chi connectivity index (χ3v) is 3.55. The van der Waals surface area contributed by atoms with Crippen LogP contribution < -0.4 is 9.47 Å². The Balaban J connectivity index is 1.82. The first kappa shape index (κ1) is 19.2. The van der Waals surface area contributed by atoms with Crippen LogP contribution in [0.1, 0.15) is 19.4 Å². The van der Waals surface area contributed by atoms with Gasteiger partial charge in [-0.25, -0.2) is 0 Å². The highest BCUT2D eigenvalue weighted by atomic mass is 16.6. The summed E-state index contributed by atoms with van der Waals surface area (Å²) in [6.07, 6.45) is 0. The fourth-order valence-electron chi connectivity index (χ4n) is 2.29. The van der Waals surface area contributed by atoms with Crippen molar-refractivity contribution in [3.8, 4) is 11.5 Å². The summed E-state index contributed by atoms with van der Waals surface area (Å²) in [5.74, 6) is 1.53. The zero-order valence-corrected chi connectivity index (χ0v) is 15.0. The van der Waals surface area contributed by atoms with E-state index in [0.717, 1.165) is 17.0 Å². The molecule has 0 amide bonds. The number of nitro benzene ring substituents is 1. The fourth-order valence-corrected chi connectivity index (χ4v) is 2.29. The minimum Gasteiger partial charge on any atom is -0.490 e. The van der Waals surface area contributed by atoms with E-state index < -0.39 is 4.92 Å². The molecule has 0 unspecified atom stereocenters. The first-order valence-corrected chi connectivity index (χ1v) is 8.22. The second kappa shape index (κ2) is 9.41. The van der Waals surface area contributed by atoms with Gasteiger partial charge in [0.05, 0.1) is 10.6 Å². The molecule has 0 fully saturated rings. The molecule has 0 radical (unpaired) electrons. The maximum atomic E-state index is 10.6. The van der Waals surface area contributed by atoms with E-state index in [9.17, 15) is 10.1 Å². The minimum atomic E-state index is -0.446. The van der Waals surface area contributed by atoms with E-state index >= 15 is 0 Å². The second-order valence-electron chi connectivity index (χ2n) is 5.79. The van der Waals surface area contributed by atoms with Crippen LogP contribution in [0.15, 0.2) is 53.7 Å². The van der Waals surface area contributed by atoms with Crippen molar-refractivity contribution in [1.82, 2.24) is 0 Å². The van der Waals surface area contributed by atoms with Crippen molar-refractivity contribution in [3.63, 3.8) is 0 Å². The van der Waals surface area contributed by atoms with E-state index in [0.29, 0.717) is 19.0 Å². The summed E-state index contributed by atoms with van der Waals surface area (Å²) < 4.78 is 11.1. The van der Waals surface area contributed by atoms with Crippen LogP contribution in [-0.4, -0.2) is 31.0 Å². The van der Waals surface area contributed by atoms with Crippen molar-refractivity contribution in [2.45, 2.75) is 13.8 Å². The predicted molar refractivity (Wildman–Crippen MR) is 98.9 cm³/mol. The SMILES string of the molecule is CON=C(c1ccc(OCCOc2ccc([N+](=O)[O-])cc2)cc1)C(C)C. The molecule has 26 heavy (non-hydrogen) atoms. The van der Waals surface area contributed by atoms with Crippen LogP contribution in [0.25, 0.3) is 0 Å². The molecule has 2 aromatic carbocycles. The molecule has 0 heterocycles. The number of oxime groups is 1. The highest BCUT2D eigenvalue weighted by Crippen LogP contribution is 2.18. The summed E-state index contributed by atoms with van der Waals surface area (Å²) >= 11 is 0. The number of hydrogen-bond acceptors (Lipinski definition) is 6. The molecule has 7 heteroatoms. The lowest BCUT2D eigenvalue weighted by Gasteiger charge is -2.11. The van der Waals surface area contributed by atoms with E-state index in [1.165, 1.54) is 19.2 Å². The monoisotopic (exact) mass is 358 g/mol. The number of nitrogens with zero attached hydrogens (tertiary/aromatic N) is 2. The Morgan fingerprint density at radius 3 is 1.92 bits per heavy atom. The first-order chi connectivity index (χ1) is 12.5. The lowest BCUT2D eigenvalue weighted by Crippen LogP contribution is -2.11. The van der Waals surface area contributed by atoms with Gasteiger partial charge in [-0.05, 0) is 47.9 Å². The van der Waals surface area contributed by atoms with Gasteiger partial charge in [-0.3, -0.25) is 10.1 Å². The van der Waals surface area contributed by atoms with Gasteiger partial charge in [-0.2, -0.15) is 0 Å². The summed E-state index contributed by atoms with van der Waals surface area (Å²) in [7, 11) is 1.53. The molecule has 0 aliphatic carbocycles. The Hall–Kier alpha value is -3.09. The molecule has 2 rings (SSSR count). The molecular formula is C19H22N2O5. The van der Waals surface area contributed by atoms with Crippen LogP contribution in [0, 0.1) is 16.0 Å². The largest absolute Gasteiger partial charge is 0.490 e. The molecule has 7 nitrogen and oxygen atoms in total. The van der Waals surface area contributed by atoms with Gasteiger partial charge in [0.1, 0.15) is 31.8 Å². The standard InChI is InChI=1S/C19H22N2O5/c1-14(2)19(20-24-3)15-4-8-17(9-5-15)25-12-13-26-18-10-6-16(7-11-18)21(22)23/h4-11,14H,12-13H2,1-3H3. The van der Waals surface area contributed by atoms with E-state index in [1.807, 2.05) is 24.3 Å². The molecule has 138 valence electrons. The van der Waals surface area contributed by atoms with Crippen LogP contribution in [0.3, 0.4) is 0 Å². The van der Waals surface area contributed by atoms with Gasteiger partial charge in [0.2, 0.25) is 0 Å². The van der Waals surface area contributed by atoms with E-state index in [1.54, 1.807) is 12.1 Å². The van der Waals surface area contributed by atoms with Gasteiger partial charge in [0.25, 0.3) is 5.69 Å². The topological polar surface area (TPSA) is 83.2 Å². The van der Waals surface area contributed by atoms with Crippen LogP contribution >= 0.6 is 0 Å². The number of hydrogen-bond donors (Lipinski definition) is 0. The van der Waals surface area contributed by atoms with Gasteiger partial charge in [0.15, 0.2) is 0 Å². The molecule has 0 aliphatic rings. The zero-order valence-electron chi connectivity index (χ0n) is 15.0. The van der Waals surface area contributed by atoms with Crippen molar-refractivity contribution in [1.29, 1.82) is 0 Å². The third-order valence-electron chi connectivity index (χ3n) is 3.55. The van der Waals surface area contributed by atoms with Gasteiger partial charge in [-0.1, -0.05) is 19.0 Å². The molecule has 0 saturated carbocycles. The van der Waals surface area contributed by atoms with E-state index in [2.05, 4.69) is 19.0 Å². The number of rotatable bonds is 9. The summed E-state index contributed by atoms with van der Waals surface area (Å²) in [6.45, 7) is 4.80. The number of ether oxygens (including phenoxy) is 2. The van der Waals surface area contributed by atoms with Crippen molar-refractivity contribution in [3.05, 3.63) is 64.2 Å². The van der Waals surface area contributed by atoms with Gasteiger partial charge in [-0.15, -0.1) is 0 Å². The van der Waals surface area contributed by atoms with E-state index in [4.69, 9.17) is 14.3 Å². The zero-order chi connectivity index (χ0) is 18.9. The quantitative estimate of drug-likeness (QED) is 0.292. The lowest BCUT2D eigenvalue weighted by molar-refractivity contribution is -0.384. The maximum Gasteiger partial charge on any atom is 0.269 e.